The van der Waals surface area contributed by atoms with E-state index < -0.39 is 0 Å². The van der Waals surface area contributed by atoms with Gasteiger partial charge in [-0.25, -0.2) is 0 Å². The highest BCUT2D eigenvalue weighted by Crippen LogP contribution is 2.21. The molecule has 12 heavy (non-hydrogen) atoms. The van der Waals surface area contributed by atoms with E-state index in [9.17, 15) is 9.59 Å². The molecule has 0 saturated heterocycles. The number of carbonyl (C=O) groups is 2. The summed E-state index contributed by atoms with van der Waals surface area (Å²) in [7, 11) is 0. The van der Waals surface area contributed by atoms with Crippen LogP contribution in [0.4, 0.5) is 0 Å². The summed E-state index contributed by atoms with van der Waals surface area (Å²) in [6.45, 7) is 0. The largest absolute Gasteiger partial charge is 0.294 e. The van der Waals surface area contributed by atoms with Gasteiger partial charge in [0.1, 0.15) is 0 Å². The summed E-state index contributed by atoms with van der Waals surface area (Å²) in [4.78, 5) is 26.4. The Hall–Kier alpha value is -1.51. The van der Waals surface area contributed by atoms with Crippen LogP contribution >= 0.6 is 0 Å². The van der Waals surface area contributed by atoms with Gasteiger partial charge < -0.3 is 0 Å². The summed E-state index contributed by atoms with van der Waals surface area (Å²) >= 11 is 0. The summed E-state index contributed by atoms with van der Waals surface area (Å²) in [6, 6.07) is 0. The molecule has 0 saturated carbocycles. The molecule has 2 aliphatic rings. The van der Waals surface area contributed by atoms with Gasteiger partial charge in [0.05, 0.1) is 11.3 Å². The van der Waals surface area contributed by atoms with E-state index in [1.165, 1.54) is 0 Å². The molecular formula is C9H7NO2. The standard InChI is InChI=1S/C9H7NO2/c11-7-3-1-2-6-9(7)8(12)4-5-10-6/h1-2,5H,3-4H2. The minimum absolute atomic E-state index is 0.102. The topological polar surface area (TPSA) is 46.5 Å². The maximum Gasteiger partial charge on any atom is 0.173 e. The Kier molecular flexibility index (Phi) is 1.50. The van der Waals surface area contributed by atoms with E-state index in [-0.39, 0.29) is 18.0 Å². The second kappa shape index (κ2) is 2.52. The molecule has 0 spiro atoms. The predicted octanol–water partition coefficient (Wildman–Crippen LogP) is 0.813. The van der Waals surface area contributed by atoms with Crippen molar-refractivity contribution in [3.63, 3.8) is 0 Å². The summed E-state index contributed by atoms with van der Waals surface area (Å²) in [5, 5.41) is 0. The van der Waals surface area contributed by atoms with Crippen LogP contribution < -0.4 is 0 Å². The van der Waals surface area contributed by atoms with Gasteiger partial charge in [0.15, 0.2) is 11.6 Å². The number of aliphatic imine (C=N–C) groups is 1. The van der Waals surface area contributed by atoms with Crippen molar-refractivity contribution in [2.75, 3.05) is 0 Å². The molecule has 60 valence electrons. The van der Waals surface area contributed by atoms with E-state index in [1.807, 2.05) is 0 Å². The van der Waals surface area contributed by atoms with Crippen LogP contribution in [-0.2, 0) is 9.59 Å². The molecule has 3 heteroatoms. The number of nitrogens with zero attached hydrogens (tertiary/aromatic N) is 1. The number of allylic oxidation sites excluding steroid dienone is 3. The molecule has 0 radical (unpaired) electrons. The van der Waals surface area contributed by atoms with Crippen molar-refractivity contribution in [3.8, 4) is 0 Å². The highest BCUT2D eigenvalue weighted by molar-refractivity contribution is 6.25. The van der Waals surface area contributed by atoms with Gasteiger partial charge in [0.2, 0.25) is 0 Å². The molecule has 3 nitrogen and oxygen atoms in total. The number of Topliss-reactive ketones (excluding diaryl/α,β-unsaturated/α-hetero) is 2. The number of carbonyl (C=O) groups excluding carboxylic acids is 2. The van der Waals surface area contributed by atoms with Gasteiger partial charge in [-0.15, -0.1) is 0 Å². The lowest BCUT2D eigenvalue weighted by atomic mass is 9.94. The van der Waals surface area contributed by atoms with Crippen LogP contribution in [0, 0.1) is 0 Å². The van der Waals surface area contributed by atoms with Crippen LogP contribution in [0.25, 0.3) is 0 Å². The molecule has 0 unspecified atom stereocenters. The maximum absolute atomic E-state index is 11.2. The lowest BCUT2D eigenvalue weighted by Gasteiger charge is -2.12. The van der Waals surface area contributed by atoms with Gasteiger partial charge in [0, 0.05) is 19.1 Å². The summed E-state index contributed by atoms with van der Waals surface area (Å²) in [5.41, 5.74) is 0.822. The monoisotopic (exact) mass is 161 g/mol. The molecule has 1 aliphatic heterocycles. The molecule has 2 rings (SSSR count). The van der Waals surface area contributed by atoms with Crippen molar-refractivity contribution < 1.29 is 9.59 Å². The Morgan fingerprint density at radius 1 is 1.17 bits per heavy atom. The van der Waals surface area contributed by atoms with Crippen LogP contribution in [0.3, 0.4) is 0 Å². The van der Waals surface area contributed by atoms with Gasteiger partial charge in [-0.3, -0.25) is 14.6 Å². The van der Waals surface area contributed by atoms with Crippen LogP contribution in [-0.4, -0.2) is 17.8 Å². The first-order valence-corrected chi connectivity index (χ1v) is 3.79. The zero-order valence-corrected chi connectivity index (χ0v) is 6.41. The van der Waals surface area contributed by atoms with Gasteiger partial charge in [-0.2, -0.15) is 0 Å². The van der Waals surface area contributed by atoms with Crippen LogP contribution in [0.5, 0.6) is 0 Å². The van der Waals surface area contributed by atoms with Crippen molar-refractivity contribution >= 4 is 17.8 Å². The predicted molar refractivity (Wildman–Crippen MR) is 43.9 cm³/mol. The molecule has 0 aromatic rings. The fourth-order valence-corrected chi connectivity index (χ4v) is 1.34. The maximum atomic E-state index is 11.2. The number of hydrogen-bond acceptors (Lipinski definition) is 3. The molecule has 0 fully saturated rings. The molecule has 0 N–H and O–H groups in total. The molecule has 1 aliphatic carbocycles. The SMILES string of the molecule is O=C1CC=CC2=C1C(=O)CC=N2. The molecule has 0 bridgehead atoms. The van der Waals surface area contributed by atoms with E-state index in [0.29, 0.717) is 17.7 Å². The second-order valence-electron chi connectivity index (χ2n) is 2.73. The fraction of sp³-hybridized carbons (Fsp3) is 0.222. The first kappa shape index (κ1) is 7.16. The van der Waals surface area contributed by atoms with Gasteiger partial charge in [-0.1, -0.05) is 6.08 Å². The minimum Gasteiger partial charge on any atom is -0.294 e. The van der Waals surface area contributed by atoms with Crippen LogP contribution in [0.1, 0.15) is 12.8 Å². The first-order valence-electron chi connectivity index (χ1n) is 3.79. The van der Waals surface area contributed by atoms with Crippen molar-refractivity contribution in [1.82, 2.24) is 0 Å². The second-order valence-corrected chi connectivity index (χ2v) is 2.73. The molecular weight excluding hydrogens is 154 g/mol. The van der Waals surface area contributed by atoms with Crippen molar-refractivity contribution in [2.24, 2.45) is 4.99 Å². The fourth-order valence-electron chi connectivity index (χ4n) is 1.34. The molecule has 0 aromatic carbocycles. The van der Waals surface area contributed by atoms with E-state index in [0.717, 1.165) is 0 Å². The lowest BCUT2D eigenvalue weighted by Crippen LogP contribution is -2.19. The highest BCUT2D eigenvalue weighted by Gasteiger charge is 2.24. The lowest BCUT2D eigenvalue weighted by molar-refractivity contribution is -0.120. The van der Waals surface area contributed by atoms with E-state index in [2.05, 4.69) is 4.99 Å². The average Bonchev–Trinajstić information content (AvgIpc) is 2.04. The minimum atomic E-state index is -0.102. The third-order valence-corrected chi connectivity index (χ3v) is 1.90. The van der Waals surface area contributed by atoms with E-state index >= 15 is 0 Å². The molecule has 0 aromatic heterocycles. The van der Waals surface area contributed by atoms with Gasteiger partial charge in [-0.05, 0) is 6.08 Å². The third kappa shape index (κ3) is 0.942. The Morgan fingerprint density at radius 2 is 1.92 bits per heavy atom. The molecule has 0 atom stereocenters. The zero-order chi connectivity index (χ0) is 8.55. The number of rotatable bonds is 0. The van der Waals surface area contributed by atoms with Gasteiger partial charge >= 0.3 is 0 Å². The summed E-state index contributed by atoms with van der Waals surface area (Å²) in [5.74, 6) is -0.205. The Morgan fingerprint density at radius 3 is 2.67 bits per heavy atom. The van der Waals surface area contributed by atoms with Crippen molar-refractivity contribution in [2.45, 2.75) is 12.8 Å². The van der Waals surface area contributed by atoms with Gasteiger partial charge in [0.25, 0.3) is 0 Å². The van der Waals surface area contributed by atoms with Crippen molar-refractivity contribution in [3.05, 3.63) is 23.4 Å². The molecule has 0 amide bonds. The first-order chi connectivity index (χ1) is 5.79. The summed E-state index contributed by atoms with van der Waals surface area (Å²) in [6.07, 6.45) is 5.60. The Bertz CT molecular complexity index is 316. The van der Waals surface area contributed by atoms with E-state index in [1.54, 1.807) is 18.4 Å². The molecule has 1 heterocycles. The third-order valence-electron chi connectivity index (χ3n) is 1.90. The average molecular weight is 161 g/mol. The highest BCUT2D eigenvalue weighted by atomic mass is 16.1. The van der Waals surface area contributed by atoms with Crippen molar-refractivity contribution in [1.29, 1.82) is 0 Å². The summed E-state index contributed by atoms with van der Waals surface area (Å²) < 4.78 is 0. The Labute approximate surface area is 69.5 Å². The number of hydrogen-bond donors (Lipinski definition) is 0. The smallest absolute Gasteiger partial charge is 0.173 e. The quantitative estimate of drug-likeness (QED) is 0.493. The number of ketones is 2. The normalized spacial score (nSPS) is 21.7. The van der Waals surface area contributed by atoms with Crippen LogP contribution in [0.2, 0.25) is 0 Å². The van der Waals surface area contributed by atoms with E-state index in [4.69, 9.17) is 0 Å². The zero-order valence-electron chi connectivity index (χ0n) is 6.41. The van der Waals surface area contributed by atoms with Crippen LogP contribution in [0.15, 0.2) is 28.4 Å². The Balaban J connectivity index is 2.54.